The molecule has 0 bridgehead atoms. The molecule has 4 N–H and O–H groups in total. The second-order valence-electron chi connectivity index (χ2n) is 12.3. The number of nitrogens with one attached hydrogen (secondary N) is 4. The number of rotatable bonds is 7. The lowest BCUT2D eigenvalue weighted by Crippen LogP contribution is -2.49. The number of carbonyl (C=O) groups excluding carboxylic acids is 4. The van der Waals surface area contributed by atoms with Crippen LogP contribution in [0.4, 0.5) is 16.2 Å². The molecular weight excluding hydrogens is 570 g/mol. The molecule has 1 aromatic heterocycles. The zero-order valence-corrected chi connectivity index (χ0v) is 26.2. The number of anilines is 2. The molecule has 0 unspecified atom stereocenters. The van der Waals surface area contributed by atoms with Crippen LogP contribution in [0.15, 0.2) is 72.8 Å². The number of ether oxygens (including phenoxy) is 1. The van der Waals surface area contributed by atoms with E-state index in [1.807, 2.05) is 55.5 Å². The number of amides is 4. The van der Waals surface area contributed by atoms with Crippen LogP contribution in [0.5, 0.6) is 0 Å². The highest BCUT2D eigenvalue weighted by molar-refractivity contribution is 6.01. The number of hydrogen-bond acceptors (Lipinski definition) is 5. The summed E-state index contributed by atoms with van der Waals surface area (Å²) < 4.78 is 5.43. The van der Waals surface area contributed by atoms with Gasteiger partial charge in [-0.25, -0.2) is 4.79 Å². The van der Waals surface area contributed by atoms with Gasteiger partial charge in [-0.1, -0.05) is 42.5 Å². The number of H-pyrrole nitrogens is 1. The minimum Gasteiger partial charge on any atom is -0.444 e. The van der Waals surface area contributed by atoms with Crippen molar-refractivity contribution in [3.05, 3.63) is 83.9 Å². The minimum atomic E-state index is -1.00. The Hall–Kier alpha value is -5.12. The SMILES string of the molecule is CC(=O)Nc1ccc(-c2[nH]c3ccc(NC(=O)[C@@H]4CCCN4C(=O)[C@@H](NC(=O)OC(C)(C)C)c4ccccc4)cc3c2C)cc1. The maximum absolute atomic E-state index is 13.9. The summed E-state index contributed by atoms with van der Waals surface area (Å²) in [7, 11) is 0. The Bertz CT molecular complexity index is 1720. The Balaban J connectivity index is 1.33. The van der Waals surface area contributed by atoms with Gasteiger partial charge >= 0.3 is 6.09 Å². The van der Waals surface area contributed by atoms with E-state index < -0.39 is 23.8 Å². The fourth-order valence-electron chi connectivity index (χ4n) is 5.67. The van der Waals surface area contributed by atoms with Gasteiger partial charge in [-0.2, -0.15) is 0 Å². The highest BCUT2D eigenvalue weighted by atomic mass is 16.6. The van der Waals surface area contributed by atoms with E-state index in [1.54, 1.807) is 49.9 Å². The quantitative estimate of drug-likeness (QED) is 0.195. The molecule has 2 heterocycles. The molecule has 1 aliphatic heterocycles. The number of nitrogens with zero attached hydrogens (tertiary/aromatic N) is 1. The van der Waals surface area contributed by atoms with Crippen molar-refractivity contribution in [2.24, 2.45) is 0 Å². The highest BCUT2D eigenvalue weighted by Gasteiger charge is 2.38. The molecule has 3 aromatic carbocycles. The molecular formula is C35H39N5O5. The number of fused-ring (bicyclic) bond motifs is 1. The van der Waals surface area contributed by atoms with Crippen LogP contribution in [0, 0.1) is 6.92 Å². The maximum atomic E-state index is 13.9. The van der Waals surface area contributed by atoms with E-state index in [4.69, 9.17) is 4.74 Å². The zero-order chi connectivity index (χ0) is 32.3. The summed E-state index contributed by atoms with van der Waals surface area (Å²) in [6.45, 7) is 9.15. The number of carbonyl (C=O) groups is 4. The monoisotopic (exact) mass is 609 g/mol. The predicted octanol–water partition coefficient (Wildman–Crippen LogP) is 6.30. The van der Waals surface area contributed by atoms with Crippen molar-refractivity contribution in [2.75, 3.05) is 17.2 Å². The molecule has 45 heavy (non-hydrogen) atoms. The molecule has 0 spiro atoms. The van der Waals surface area contributed by atoms with Crippen molar-refractivity contribution < 1.29 is 23.9 Å². The standard InChI is InChI=1S/C35H39N5O5/c1-21-27-20-26(17-18-28(27)38-30(21)24-13-15-25(16-14-24)36-22(2)41)37-32(42)29-12-9-19-40(29)33(43)31(23-10-7-6-8-11-23)39-34(44)45-35(3,4)5/h6-8,10-11,13-18,20,29,31,38H,9,12,19H2,1-5H3,(H,36,41)(H,37,42)(H,39,44)/t29-,31-/m0/s1. The second kappa shape index (κ2) is 12.9. The molecule has 4 aromatic rings. The number of aryl methyl sites for hydroxylation is 1. The van der Waals surface area contributed by atoms with Crippen LogP contribution in [-0.4, -0.2) is 51.9 Å². The van der Waals surface area contributed by atoms with Crippen LogP contribution in [0.1, 0.15) is 57.7 Å². The first-order chi connectivity index (χ1) is 21.4. The van der Waals surface area contributed by atoms with Gasteiger partial charge < -0.3 is 30.6 Å². The molecule has 0 saturated carbocycles. The molecule has 10 heteroatoms. The summed E-state index contributed by atoms with van der Waals surface area (Å²) in [5.74, 6) is -0.778. The third-order valence-corrected chi connectivity index (χ3v) is 7.70. The Morgan fingerprint density at radius 3 is 2.29 bits per heavy atom. The highest BCUT2D eigenvalue weighted by Crippen LogP contribution is 2.32. The topological polar surface area (TPSA) is 133 Å². The fourth-order valence-corrected chi connectivity index (χ4v) is 5.67. The van der Waals surface area contributed by atoms with Crippen LogP contribution in [-0.2, 0) is 19.1 Å². The van der Waals surface area contributed by atoms with Gasteiger partial charge in [-0.05, 0) is 87.6 Å². The lowest BCUT2D eigenvalue weighted by atomic mass is 10.0. The van der Waals surface area contributed by atoms with Gasteiger partial charge in [0.25, 0.3) is 5.91 Å². The number of benzene rings is 3. The molecule has 1 saturated heterocycles. The van der Waals surface area contributed by atoms with Crippen molar-refractivity contribution in [1.82, 2.24) is 15.2 Å². The third-order valence-electron chi connectivity index (χ3n) is 7.70. The number of aromatic amines is 1. The fraction of sp³-hybridized carbons (Fsp3) is 0.314. The van der Waals surface area contributed by atoms with Gasteiger partial charge in [0, 0.05) is 41.4 Å². The van der Waals surface area contributed by atoms with Crippen molar-refractivity contribution in [2.45, 2.75) is 65.1 Å². The van der Waals surface area contributed by atoms with Crippen LogP contribution < -0.4 is 16.0 Å². The second-order valence-corrected chi connectivity index (χ2v) is 12.3. The smallest absolute Gasteiger partial charge is 0.408 e. The molecule has 2 atom stereocenters. The summed E-state index contributed by atoms with van der Waals surface area (Å²) in [6, 6.07) is 20.5. The summed E-state index contributed by atoms with van der Waals surface area (Å²) in [5.41, 5.74) is 5.06. The van der Waals surface area contributed by atoms with Gasteiger partial charge in [0.2, 0.25) is 11.8 Å². The van der Waals surface area contributed by atoms with Gasteiger partial charge in [0.15, 0.2) is 0 Å². The average Bonchev–Trinajstić information content (AvgIpc) is 3.61. The largest absolute Gasteiger partial charge is 0.444 e. The number of alkyl carbamates (subject to hydrolysis) is 1. The van der Waals surface area contributed by atoms with Crippen molar-refractivity contribution >= 4 is 46.1 Å². The summed E-state index contributed by atoms with van der Waals surface area (Å²) in [6.07, 6.45) is 0.469. The maximum Gasteiger partial charge on any atom is 0.408 e. The van der Waals surface area contributed by atoms with Crippen LogP contribution >= 0.6 is 0 Å². The predicted molar refractivity (Wildman–Crippen MR) is 175 cm³/mol. The van der Waals surface area contributed by atoms with E-state index in [9.17, 15) is 19.2 Å². The zero-order valence-electron chi connectivity index (χ0n) is 26.2. The van der Waals surface area contributed by atoms with Crippen LogP contribution in [0.3, 0.4) is 0 Å². The van der Waals surface area contributed by atoms with E-state index in [1.165, 1.54) is 6.92 Å². The van der Waals surface area contributed by atoms with Crippen molar-refractivity contribution in [3.8, 4) is 11.3 Å². The Morgan fingerprint density at radius 1 is 0.933 bits per heavy atom. The molecule has 5 rings (SSSR count). The van der Waals surface area contributed by atoms with Gasteiger partial charge in [-0.3, -0.25) is 14.4 Å². The lowest BCUT2D eigenvalue weighted by molar-refractivity contribution is -0.138. The van der Waals surface area contributed by atoms with E-state index in [0.717, 1.165) is 33.4 Å². The molecule has 1 aliphatic rings. The van der Waals surface area contributed by atoms with E-state index in [-0.39, 0.29) is 17.7 Å². The molecule has 10 nitrogen and oxygen atoms in total. The number of hydrogen-bond donors (Lipinski definition) is 4. The molecule has 4 amide bonds. The molecule has 0 radical (unpaired) electrons. The number of likely N-dealkylation sites (tertiary alicyclic amines) is 1. The summed E-state index contributed by atoms with van der Waals surface area (Å²) >= 11 is 0. The minimum absolute atomic E-state index is 0.127. The number of aromatic nitrogens is 1. The summed E-state index contributed by atoms with van der Waals surface area (Å²) in [5, 5.41) is 9.47. The first kappa shape index (κ1) is 31.3. The van der Waals surface area contributed by atoms with Crippen LogP contribution in [0.2, 0.25) is 0 Å². The Labute approximate surface area is 262 Å². The van der Waals surface area contributed by atoms with Crippen molar-refractivity contribution in [3.63, 3.8) is 0 Å². The lowest BCUT2D eigenvalue weighted by Gasteiger charge is -2.29. The Kier molecular flexibility index (Phi) is 8.94. The normalized spacial score (nSPS) is 15.4. The third kappa shape index (κ3) is 7.34. The van der Waals surface area contributed by atoms with E-state index in [0.29, 0.717) is 30.6 Å². The molecule has 1 fully saturated rings. The average molecular weight is 610 g/mol. The van der Waals surface area contributed by atoms with Gasteiger partial charge in [0.1, 0.15) is 17.7 Å². The van der Waals surface area contributed by atoms with E-state index >= 15 is 0 Å². The van der Waals surface area contributed by atoms with Gasteiger partial charge in [0.05, 0.1) is 0 Å². The molecule has 234 valence electrons. The Morgan fingerprint density at radius 2 is 1.62 bits per heavy atom. The molecule has 0 aliphatic carbocycles. The first-order valence-electron chi connectivity index (χ1n) is 15.1. The van der Waals surface area contributed by atoms with Crippen LogP contribution in [0.25, 0.3) is 22.2 Å². The van der Waals surface area contributed by atoms with Gasteiger partial charge in [-0.15, -0.1) is 0 Å². The summed E-state index contributed by atoms with van der Waals surface area (Å²) in [4.78, 5) is 56.6. The van der Waals surface area contributed by atoms with E-state index in [2.05, 4.69) is 20.9 Å². The van der Waals surface area contributed by atoms with Crippen molar-refractivity contribution in [1.29, 1.82) is 0 Å². The first-order valence-corrected chi connectivity index (χ1v) is 15.1.